The van der Waals surface area contributed by atoms with E-state index in [1.165, 1.54) is 0 Å². The standard InChI is InChI=1S/C15H13Cl2NO2/c16-12-4-1-3-11(7-12)9-18(10-15(19)20)14-6-2-5-13(17)8-14/h1-8H,9-10H2,(H,19,20). The smallest absolute Gasteiger partial charge is 0.323 e. The van der Waals surface area contributed by atoms with Crippen LogP contribution in [0.25, 0.3) is 0 Å². The lowest BCUT2D eigenvalue weighted by Gasteiger charge is -2.23. The Hall–Kier alpha value is -1.71. The van der Waals surface area contributed by atoms with Crippen LogP contribution in [0.3, 0.4) is 0 Å². The molecular weight excluding hydrogens is 297 g/mol. The van der Waals surface area contributed by atoms with Gasteiger partial charge in [-0.1, -0.05) is 41.4 Å². The first kappa shape index (κ1) is 14.7. The molecule has 2 aromatic carbocycles. The zero-order valence-electron chi connectivity index (χ0n) is 10.6. The number of anilines is 1. The van der Waals surface area contributed by atoms with Crippen LogP contribution in [0.2, 0.25) is 10.0 Å². The SMILES string of the molecule is O=C(O)CN(Cc1cccc(Cl)c1)c1cccc(Cl)c1. The predicted octanol–water partition coefficient (Wildman–Crippen LogP) is 4.08. The Morgan fingerprint density at radius 1 is 1.05 bits per heavy atom. The van der Waals surface area contributed by atoms with E-state index >= 15 is 0 Å². The van der Waals surface area contributed by atoms with Crippen molar-refractivity contribution in [3.05, 3.63) is 64.1 Å². The van der Waals surface area contributed by atoms with Crippen LogP contribution in [0, 0.1) is 0 Å². The van der Waals surface area contributed by atoms with Crippen molar-refractivity contribution >= 4 is 34.9 Å². The molecule has 0 saturated carbocycles. The number of halogens is 2. The Labute approximate surface area is 127 Å². The van der Waals surface area contributed by atoms with E-state index in [0.717, 1.165) is 11.3 Å². The summed E-state index contributed by atoms with van der Waals surface area (Å²) >= 11 is 11.9. The zero-order valence-corrected chi connectivity index (χ0v) is 12.1. The van der Waals surface area contributed by atoms with Crippen LogP contribution in [0.15, 0.2) is 48.5 Å². The molecule has 20 heavy (non-hydrogen) atoms. The Morgan fingerprint density at radius 2 is 1.70 bits per heavy atom. The van der Waals surface area contributed by atoms with Gasteiger partial charge in [-0.25, -0.2) is 0 Å². The minimum absolute atomic E-state index is 0.104. The second kappa shape index (κ2) is 6.64. The second-order valence-electron chi connectivity index (χ2n) is 4.36. The molecule has 0 unspecified atom stereocenters. The third-order valence-corrected chi connectivity index (χ3v) is 3.23. The molecule has 0 spiro atoms. The molecule has 0 aliphatic heterocycles. The van der Waals surface area contributed by atoms with E-state index in [-0.39, 0.29) is 6.54 Å². The summed E-state index contributed by atoms with van der Waals surface area (Å²) in [6.07, 6.45) is 0. The van der Waals surface area contributed by atoms with Crippen LogP contribution < -0.4 is 4.90 Å². The highest BCUT2D eigenvalue weighted by Crippen LogP contribution is 2.22. The molecule has 3 nitrogen and oxygen atoms in total. The Morgan fingerprint density at radius 3 is 2.30 bits per heavy atom. The number of aliphatic carboxylic acids is 1. The highest BCUT2D eigenvalue weighted by molar-refractivity contribution is 6.31. The maximum Gasteiger partial charge on any atom is 0.323 e. The number of carboxylic acid groups (broad SMARTS) is 1. The number of rotatable bonds is 5. The van der Waals surface area contributed by atoms with E-state index in [1.54, 1.807) is 29.2 Å². The topological polar surface area (TPSA) is 40.5 Å². The molecule has 0 aliphatic rings. The molecule has 0 bridgehead atoms. The lowest BCUT2D eigenvalue weighted by molar-refractivity contribution is -0.135. The quantitative estimate of drug-likeness (QED) is 0.904. The van der Waals surface area contributed by atoms with Gasteiger partial charge >= 0.3 is 5.97 Å². The Bertz CT molecular complexity index is 616. The average molecular weight is 310 g/mol. The maximum absolute atomic E-state index is 11.0. The predicted molar refractivity (Wildman–Crippen MR) is 81.6 cm³/mol. The van der Waals surface area contributed by atoms with Crippen LogP contribution in [-0.4, -0.2) is 17.6 Å². The van der Waals surface area contributed by atoms with Crippen LogP contribution in [0.4, 0.5) is 5.69 Å². The summed E-state index contributed by atoms with van der Waals surface area (Å²) in [5.41, 5.74) is 1.71. The van der Waals surface area contributed by atoms with Crippen molar-refractivity contribution in [3.63, 3.8) is 0 Å². The molecule has 0 fully saturated rings. The second-order valence-corrected chi connectivity index (χ2v) is 5.23. The normalized spacial score (nSPS) is 10.3. The molecule has 0 radical (unpaired) electrons. The number of nitrogens with zero attached hydrogens (tertiary/aromatic N) is 1. The van der Waals surface area contributed by atoms with Crippen molar-refractivity contribution in [2.75, 3.05) is 11.4 Å². The van der Waals surface area contributed by atoms with Crippen LogP contribution in [0.1, 0.15) is 5.56 Å². The van der Waals surface area contributed by atoms with E-state index in [0.29, 0.717) is 16.6 Å². The van der Waals surface area contributed by atoms with E-state index in [9.17, 15) is 4.79 Å². The first-order valence-electron chi connectivity index (χ1n) is 6.01. The molecule has 0 saturated heterocycles. The van der Waals surface area contributed by atoms with Crippen molar-refractivity contribution < 1.29 is 9.90 Å². The van der Waals surface area contributed by atoms with Crippen LogP contribution >= 0.6 is 23.2 Å². The van der Waals surface area contributed by atoms with Crippen molar-refractivity contribution in [2.45, 2.75) is 6.54 Å². The Kier molecular flexibility index (Phi) is 4.88. The number of benzene rings is 2. The fourth-order valence-corrected chi connectivity index (χ4v) is 2.33. The van der Waals surface area contributed by atoms with Gasteiger partial charge in [-0.3, -0.25) is 4.79 Å². The average Bonchev–Trinajstić information content (AvgIpc) is 2.37. The minimum Gasteiger partial charge on any atom is -0.480 e. The fourth-order valence-electron chi connectivity index (χ4n) is 1.93. The third kappa shape index (κ3) is 4.15. The third-order valence-electron chi connectivity index (χ3n) is 2.76. The number of carbonyl (C=O) groups is 1. The molecule has 5 heteroatoms. The maximum atomic E-state index is 11.0. The number of carboxylic acids is 1. The van der Waals surface area contributed by atoms with Crippen molar-refractivity contribution in [3.8, 4) is 0 Å². The van der Waals surface area contributed by atoms with Gasteiger partial charge in [0.2, 0.25) is 0 Å². The molecule has 2 rings (SSSR count). The largest absolute Gasteiger partial charge is 0.480 e. The first-order chi connectivity index (χ1) is 9.54. The van der Waals surface area contributed by atoms with Gasteiger partial charge in [0.15, 0.2) is 0 Å². The van der Waals surface area contributed by atoms with Gasteiger partial charge in [0.1, 0.15) is 6.54 Å². The zero-order chi connectivity index (χ0) is 14.5. The van der Waals surface area contributed by atoms with Gasteiger partial charge in [-0.15, -0.1) is 0 Å². The number of hydrogen-bond acceptors (Lipinski definition) is 2. The molecule has 0 amide bonds. The van der Waals surface area contributed by atoms with Crippen molar-refractivity contribution in [1.82, 2.24) is 0 Å². The summed E-state index contributed by atoms with van der Waals surface area (Å²) in [6.45, 7) is 0.347. The van der Waals surface area contributed by atoms with Gasteiger partial charge in [-0.05, 0) is 35.9 Å². The summed E-state index contributed by atoms with van der Waals surface area (Å²) in [4.78, 5) is 12.8. The molecule has 1 N–H and O–H groups in total. The van der Waals surface area contributed by atoms with E-state index < -0.39 is 5.97 Å². The van der Waals surface area contributed by atoms with Gasteiger partial charge in [0, 0.05) is 22.3 Å². The summed E-state index contributed by atoms with van der Waals surface area (Å²) in [7, 11) is 0. The minimum atomic E-state index is -0.896. The lowest BCUT2D eigenvalue weighted by Crippen LogP contribution is -2.29. The fraction of sp³-hybridized carbons (Fsp3) is 0.133. The lowest BCUT2D eigenvalue weighted by atomic mass is 10.2. The molecule has 0 aromatic heterocycles. The molecular formula is C15H13Cl2NO2. The van der Waals surface area contributed by atoms with Gasteiger partial charge < -0.3 is 10.0 Å². The van der Waals surface area contributed by atoms with Crippen molar-refractivity contribution in [2.24, 2.45) is 0 Å². The van der Waals surface area contributed by atoms with Gasteiger partial charge in [0.25, 0.3) is 0 Å². The highest BCUT2D eigenvalue weighted by Gasteiger charge is 2.12. The van der Waals surface area contributed by atoms with Crippen LogP contribution in [0.5, 0.6) is 0 Å². The van der Waals surface area contributed by atoms with E-state index in [2.05, 4.69) is 0 Å². The summed E-state index contributed by atoms with van der Waals surface area (Å²) in [6, 6.07) is 14.5. The van der Waals surface area contributed by atoms with Crippen molar-refractivity contribution in [1.29, 1.82) is 0 Å². The summed E-state index contributed by atoms with van der Waals surface area (Å²) in [5.74, 6) is -0.896. The van der Waals surface area contributed by atoms with E-state index in [4.69, 9.17) is 28.3 Å². The molecule has 0 heterocycles. The molecule has 2 aromatic rings. The molecule has 104 valence electrons. The molecule has 0 atom stereocenters. The number of hydrogen-bond donors (Lipinski definition) is 1. The summed E-state index contributed by atoms with van der Waals surface area (Å²) in [5, 5.41) is 10.2. The first-order valence-corrected chi connectivity index (χ1v) is 6.77. The van der Waals surface area contributed by atoms with E-state index in [1.807, 2.05) is 24.3 Å². The summed E-state index contributed by atoms with van der Waals surface area (Å²) < 4.78 is 0. The highest BCUT2D eigenvalue weighted by atomic mass is 35.5. The molecule has 0 aliphatic carbocycles. The van der Waals surface area contributed by atoms with Gasteiger partial charge in [0.05, 0.1) is 0 Å². The van der Waals surface area contributed by atoms with Crippen LogP contribution in [-0.2, 0) is 11.3 Å². The monoisotopic (exact) mass is 309 g/mol. The Balaban J connectivity index is 2.26. The van der Waals surface area contributed by atoms with Gasteiger partial charge in [-0.2, -0.15) is 0 Å².